The van der Waals surface area contributed by atoms with Crippen LogP contribution in [0, 0.1) is 0 Å². The molecule has 1 aromatic carbocycles. The van der Waals surface area contributed by atoms with Crippen LogP contribution in [-0.2, 0) is 0 Å². The van der Waals surface area contributed by atoms with E-state index in [0.29, 0.717) is 6.61 Å². The number of aromatic nitrogens is 2. The molecule has 0 saturated heterocycles. The number of hydrogen-bond acceptors (Lipinski definition) is 3. The molecule has 0 radical (unpaired) electrons. The van der Waals surface area contributed by atoms with Crippen LogP contribution in [0.3, 0.4) is 0 Å². The van der Waals surface area contributed by atoms with Gasteiger partial charge in [-0.25, -0.2) is 9.97 Å². The van der Waals surface area contributed by atoms with Crippen molar-refractivity contribution in [2.45, 2.75) is 0 Å². The molecule has 0 N–H and O–H groups in total. The van der Waals surface area contributed by atoms with Crippen LogP contribution in [0.25, 0.3) is 17.0 Å². The highest BCUT2D eigenvalue weighted by molar-refractivity contribution is 5.89. The lowest BCUT2D eigenvalue weighted by atomic mass is 10.1. The second-order valence-electron chi connectivity index (χ2n) is 3.15. The monoisotopic (exact) mass is 184 g/mol. The predicted octanol–water partition coefficient (Wildman–Crippen LogP) is 2.04. The van der Waals surface area contributed by atoms with E-state index in [1.54, 1.807) is 6.33 Å². The van der Waals surface area contributed by atoms with Crippen molar-refractivity contribution in [3.05, 3.63) is 36.3 Å². The largest absolute Gasteiger partial charge is 0.489 e. The zero-order valence-corrected chi connectivity index (χ0v) is 7.47. The summed E-state index contributed by atoms with van der Waals surface area (Å²) in [4.78, 5) is 8.24. The number of ether oxygens (including phenoxy) is 1. The molecule has 2 heterocycles. The average Bonchev–Trinajstić information content (AvgIpc) is 2.29. The molecule has 1 aromatic heterocycles. The van der Waals surface area contributed by atoms with Crippen LogP contribution < -0.4 is 4.74 Å². The molecule has 14 heavy (non-hydrogen) atoms. The van der Waals surface area contributed by atoms with Gasteiger partial charge in [-0.05, 0) is 24.3 Å². The molecule has 1 aliphatic rings. The summed E-state index contributed by atoms with van der Waals surface area (Å²) < 4.78 is 5.48. The maximum atomic E-state index is 5.48. The minimum absolute atomic E-state index is 0.642. The minimum atomic E-state index is 0.642. The van der Waals surface area contributed by atoms with Crippen molar-refractivity contribution in [1.29, 1.82) is 0 Å². The number of rotatable bonds is 0. The Morgan fingerprint density at radius 3 is 3.29 bits per heavy atom. The number of fused-ring (bicyclic) bond motifs is 3. The van der Waals surface area contributed by atoms with Gasteiger partial charge in [0.15, 0.2) is 0 Å². The Hall–Kier alpha value is -1.90. The van der Waals surface area contributed by atoms with Gasteiger partial charge >= 0.3 is 0 Å². The van der Waals surface area contributed by atoms with Crippen LogP contribution in [0.15, 0.2) is 30.7 Å². The Balaban J connectivity index is 2.42. The molecule has 3 nitrogen and oxygen atoms in total. The molecule has 0 aliphatic carbocycles. The van der Waals surface area contributed by atoms with E-state index < -0.39 is 0 Å². The van der Waals surface area contributed by atoms with Crippen LogP contribution in [0.4, 0.5) is 0 Å². The number of nitrogens with zero attached hydrogens (tertiary/aromatic N) is 2. The summed E-state index contributed by atoms with van der Waals surface area (Å²) in [5.41, 5.74) is 2.00. The van der Waals surface area contributed by atoms with Crippen molar-refractivity contribution in [1.82, 2.24) is 9.97 Å². The van der Waals surface area contributed by atoms with Gasteiger partial charge < -0.3 is 4.74 Å². The SMILES string of the molecule is C1=Cc2c(ccc3cncnc23)OC1. The van der Waals surface area contributed by atoms with Crippen LogP contribution in [0.2, 0.25) is 0 Å². The molecule has 3 rings (SSSR count). The van der Waals surface area contributed by atoms with E-state index in [9.17, 15) is 0 Å². The molecule has 2 aromatic rings. The standard InChI is InChI=1S/C11H8N2O/c1-2-9-10(14-5-1)4-3-8-6-12-7-13-11(8)9/h1-4,6-7H,5H2. The van der Waals surface area contributed by atoms with Crippen LogP contribution >= 0.6 is 0 Å². The van der Waals surface area contributed by atoms with Gasteiger partial charge in [0.25, 0.3) is 0 Å². The molecule has 0 amide bonds. The molecule has 1 aliphatic heterocycles. The molecule has 0 unspecified atom stereocenters. The number of hydrogen-bond donors (Lipinski definition) is 0. The Bertz CT molecular complexity index is 520. The van der Waals surface area contributed by atoms with Crippen LogP contribution in [0.5, 0.6) is 5.75 Å². The van der Waals surface area contributed by atoms with Gasteiger partial charge in [0.1, 0.15) is 18.7 Å². The first-order valence-electron chi connectivity index (χ1n) is 4.47. The third-order valence-electron chi connectivity index (χ3n) is 2.29. The summed E-state index contributed by atoms with van der Waals surface area (Å²) in [7, 11) is 0. The molecular formula is C11H8N2O. The van der Waals surface area contributed by atoms with E-state index in [4.69, 9.17) is 4.74 Å². The molecular weight excluding hydrogens is 176 g/mol. The third kappa shape index (κ3) is 0.988. The Labute approximate surface area is 81.1 Å². The van der Waals surface area contributed by atoms with E-state index in [-0.39, 0.29) is 0 Å². The lowest BCUT2D eigenvalue weighted by molar-refractivity contribution is 0.359. The fourth-order valence-electron chi connectivity index (χ4n) is 1.65. The third-order valence-corrected chi connectivity index (χ3v) is 2.29. The van der Waals surface area contributed by atoms with Crippen molar-refractivity contribution < 1.29 is 4.74 Å². The smallest absolute Gasteiger partial charge is 0.129 e. The van der Waals surface area contributed by atoms with E-state index >= 15 is 0 Å². The normalized spacial score (nSPS) is 13.7. The fraction of sp³-hybridized carbons (Fsp3) is 0.0909. The topological polar surface area (TPSA) is 35.0 Å². The highest BCUT2D eigenvalue weighted by atomic mass is 16.5. The van der Waals surface area contributed by atoms with E-state index in [1.807, 2.05) is 30.5 Å². The second kappa shape index (κ2) is 2.80. The van der Waals surface area contributed by atoms with Crippen LogP contribution in [0.1, 0.15) is 5.56 Å². The molecule has 0 spiro atoms. The van der Waals surface area contributed by atoms with Gasteiger partial charge in [0.2, 0.25) is 0 Å². The van der Waals surface area contributed by atoms with Gasteiger partial charge in [-0.3, -0.25) is 0 Å². The van der Waals surface area contributed by atoms with E-state index in [2.05, 4.69) is 9.97 Å². The minimum Gasteiger partial charge on any atom is -0.489 e. The number of benzene rings is 1. The van der Waals surface area contributed by atoms with Crippen molar-refractivity contribution in [2.75, 3.05) is 6.61 Å². The summed E-state index contributed by atoms with van der Waals surface area (Å²) in [6.07, 6.45) is 7.41. The fourth-order valence-corrected chi connectivity index (χ4v) is 1.65. The van der Waals surface area contributed by atoms with Crippen molar-refractivity contribution in [3.63, 3.8) is 0 Å². The Kier molecular flexibility index (Phi) is 1.50. The molecule has 0 atom stereocenters. The van der Waals surface area contributed by atoms with E-state index in [1.165, 1.54) is 0 Å². The van der Waals surface area contributed by atoms with Gasteiger partial charge in [0.05, 0.1) is 5.52 Å². The highest BCUT2D eigenvalue weighted by Gasteiger charge is 2.09. The summed E-state index contributed by atoms with van der Waals surface area (Å²) in [5, 5.41) is 1.04. The first-order chi connectivity index (χ1) is 6.95. The van der Waals surface area contributed by atoms with Crippen molar-refractivity contribution >= 4 is 17.0 Å². The lowest BCUT2D eigenvalue weighted by Crippen LogP contribution is -2.01. The molecule has 3 heteroatoms. The maximum Gasteiger partial charge on any atom is 0.129 e. The highest BCUT2D eigenvalue weighted by Crippen LogP contribution is 2.29. The first kappa shape index (κ1) is 7.50. The average molecular weight is 184 g/mol. The van der Waals surface area contributed by atoms with Crippen molar-refractivity contribution in [2.24, 2.45) is 0 Å². The predicted molar refractivity (Wildman–Crippen MR) is 54.1 cm³/mol. The van der Waals surface area contributed by atoms with Crippen LogP contribution in [-0.4, -0.2) is 16.6 Å². The van der Waals surface area contributed by atoms with Crippen molar-refractivity contribution in [3.8, 4) is 5.75 Å². The summed E-state index contributed by atoms with van der Waals surface area (Å²) >= 11 is 0. The summed E-state index contributed by atoms with van der Waals surface area (Å²) in [5.74, 6) is 0.902. The summed E-state index contributed by atoms with van der Waals surface area (Å²) in [6.45, 7) is 0.642. The van der Waals surface area contributed by atoms with Gasteiger partial charge in [-0.2, -0.15) is 0 Å². The molecule has 0 fully saturated rings. The molecule has 68 valence electrons. The summed E-state index contributed by atoms with van der Waals surface area (Å²) in [6, 6.07) is 3.94. The zero-order valence-electron chi connectivity index (χ0n) is 7.47. The lowest BCUT2D eigenvalue weighted by Gasteiger charge is -2.13. The first-order valence-corrected chi connectivity index (χ1v) is 4.47. The quantitative estimate of drug-likeness (QED) is 0.628. The zero-order chi connectivity index (χ0) is 9.38. The van der Waals surface area contributed by atoms with Gasteiger partial charge in [-0.1, -0.05) is 0 Å². The Morgan fingerprint density at radius 2 is 2.29 bits per heavy atom. The molecule has 0 bridgehead atoms. The van der Waals surface area contributed by atoms with Gasteiger partial charge in [0, 0.05) is 17.1 Å². The maximum absolute atomic E-state index is 5.48. The van der Waals surface area contributed by atoms with E-state index in [0.717, 1.165) is 22.2 Å². The molecule has 0 saturated carbocycles. The van der Waals surface area contributed by atoms with Gasteiger partial charge in [-0.15, -0.1) is 0 Å². The Morgan fingerprint density at radius 1 is 1.29 bits per heavy atom. The second-order valence-corrected chi connectivity index (χ2v) is 3.15.